The van der Waals surface area contributed by atoms with Crippen LogP contribution >= 0.6 is 11.3 Å². The molecule has 0 saturated heterocycles. The minimum Gasteiger partial charge on any atom is -0.371 e. The van der Waals surface area contributed by atoms with E-state index >= 15 is 0 Å². The maximum Gasteiger partial charge on any atom is 0.123 e. The smallest absolute Gasteiger partial charge is 0.123 e. The van der Waals surface area contributed by atoms with E-state index in [1.807, 2.05) is 14.0 Å². The topological polar surface area (TPSA) is 34.1 Å². The highest BCUT2D eigenvalue weighted by molar-refractivity contribution is 7.11. The van der Waals surface area contributed by atoms with Crippen LogP contribution in [0.2, 0.25) is 0 Å². The van der Waals surface area contributed by atoms with Crippen molar-refractivity contribution in [1.29, 1.82) is 0 Å². The van der Waals surface area contributed by atoms with Gasteiger partial charge in [0.2, 0.25) is 0 Å². The number of nitrogens with zero attached hydrogens (tertiary/aromatic N) is 1. The maximum absolute atomic E-state index is 5.91. The molecule has 0 bridgehead atoms. The molecular formula is C14H26N2OS. The van der Waals surface area contributed by atoms with Crippen LogP contribution in [0.3, 0.4) is 0 Å². The molecule has 0 aromatic carbocycles. The number of ether oxygens (including phenoxy) is 1. The third-order valence-electron chi connectivity index (χ3n) is 2.81. The molecule has 0 aliphatic rings. The fraction of sp³-hybridized carbons (Fsp3) is 0.786. The normalized spacial score (nSPS) is 13.9. The summed E-state index contributed by atoms with van der Waals surface area (Å²) in [6, 6.07) is 0. The van der Waals surface area contributed by atoms with Crippen LogP contribution in [-0.2, 0) is 17.7 Å². The van der Waals surface area contributed by atoms with Crippen molar-refractivity contribution in [1.82, 2.24) is 10.3 Å². The minimum absolute atomic E-state index is 0.0792. The van der Waals surface area contributed by atoms with Gasteiger partial charge in [-0.25, -0.2) is 4.98 Å². The predicted octanol–water partition coefficient (Wildman–Crippen LogP) is 3.55. The molecule has 0 aliphatic heterocycles. The Balaban J connectivity index is 3.05. The second-order valence-electron chi connectivity index (χ2n) is 5.51. The van der Waals surface area contributed by atoms with E-state index in [1.165, 1.54) is 10.6 Å². The minimum atomic E-state index is 0.0792. The second kappa shape index (κ2) is 6.64. The molecule has 1 unspecified atom stereocenters. The summed E-state index contributed by atoms with van der Waals surface area (Å²) < 4.78 is 5.91. The van der Waals surface area contributed by atoms with Crippen LogP contribution in [-0.4, -0.2) is 18.6 Å². The van der Waals surface area contributed by atoms with E-state index in [0.717, 1.165) is 24.6 Å². The first-order chi connectivity index (χ1) is 8.43. The molecule has 1 N–H and O–H groups in total. The summed E-state index contributed by atoms with van der Waals surface area (Å²) in [6.07, 6.45) is 1.07. The van der Waals surface area contributed by atoms with Gasteiger partial charge >= 0.3 is 0 Å². The van der Waals surface area contributed by atoms with E-state index < -0.39 is 0 Å². The van der Waals surface area contributed by atoms with Crippen molar-refractivity contribution in [3.8, 4) is 0 Å². The molecule has 0 fully saturated rings. The van der Waals surface area contributed by atoms with Gasteiger partial charge in [-0.15, -0.1) is 11.3 Å². The Bertz CT molecular complexity index is 368. The lowest BCUT2D eigenvalue weighted by Crippen LogP contribution is -2.21. The molecular weight excluding hydrogens is 244 g/mol. The maximum atomic E-state index is 5.91. The first kappa shape index (κ1) is 15.6. The second-order valence-corrected chi connectivity index (χ2v) is 6.62. The average molecular weight is 270 g/mol. The highest BCUT2D eigenvalue weighted by atomic mass is 32.1. The lowest BCUT2D eigenvalue weighted by molar-refractivity contribution is -0.0134. The Morgan fingerprint density at radius 2 is 2.00 bits per heavy atom. The Morgan fingerprint density at radius 3 is 2.44 bits per heavy atom. The van der Waals surface area contributed by atoms with Gasteiger partial charge in [0.25, 0.3) is 0 Å². The molecule has 104 valence electrons. The molecule has 0 aliphatic carbocycles. The van der Waals surface area contributed by atoms with Crippen molar-refractivity contribution in [2.75, 3.05) is 13.7 Å². The number of aromatic nitrogens is 1. The van der Waals surface area contributed by atoms with Crippen LogP contribution < -0.4 is 5.32 Å². The predicted molar refractivity (Wildman–Crippen MR) is 78.1 cm³/mol. The number of thiazole rings is 1. The molecule has 0 spiro atoms. The molecule has 1 aromatic heterocycles. The monoisotopic (exact) mass is 270 g/mol. The van der Waals surface area contributed by atoms with Crippen molar-refractivity contribution >= 4 is 11.3 Å². The molecule has 1 atom stereocenters. The standard InChI is InChI=1S/C14H26N2OS/c1-7-10-11(9-15-6)18-13(16-10)12(17-8-2)14(3,4)5/h12,15H,7-9H2,1-6H3. The van der Waals surface area contributed by atoms with Crippen molar-refractivity contribution in [2.24, 2.45) is 5.41 Å². The summed E-state index contributed by atoms with van der Waals surface area (Å²) in [5, 5.41) is 4.33. The number of aryl methyl sites for hydroxylation is 1. The molecule has 1 rings (SSSR count). The SMILES string of the molecule is CCOC(c1nc(CC)c(CNC)s1)C(C)(C)C. The Morgan fingerprint density at radius 1 is 1.33 bits per heavy atom. The third-order valence-corrected chi connectivity index (χ3v) is 3.95. The van der Waals surface area contributed by atoms with Crippen LogP contribution in [0.25, 0.3) is 0 Å². The molecule has 1 heterocycles. The van der Waals surface area contributed by atoms with Crippen molar-refractivity contribution < 1.29 is 4.74 Å². The first-order valence-electron chi connectivity index (χ1n) is 6.68. The van der Waals surface area contributed by atoms with Crippen molar-refractivity contribution in [2.45, 2.75) is 53.7 Å². The van der Waals surface area contributed by atoms with Gasteiger partial charge in [0.1, 0.15) is 11.1 Å². The highest BCUT2D eigenvalue weighted by Crippen LogP contribution is 2.38. The summed E-state index contributed by atoms with van der Waals surface area (Å²) >= 11 is 1.78. The summed E-state index contributed by atoms with van der Waals surface area (Å²) in [4.78, 5) is 6.12. The molecule has 18 heavy (non-hydrogen) atoms. The van der Waals surface area contributed by atoms with E-state index in [0.29, 0.717) is 0 Å². The van der Waals surface area contributed by atoms with Gasteiger partial charge in [-0.3, -0.25) is 0 Å². The Kier molecular flexibility index (Phi) is 5.76. The lowest BCUT2D eigenvalue weighted by atomic mass is 9.89. The summed E-state index contributed by atoms with van der Waals surface area (Å²) in [7, 11) is 1.97. The highest BCUT2D eigenvalue weighted by Gasteiger charge is 2.30. The summed E-state index contributed by atoms with van der Waals surface area (Å²) in [6.45, 7) is 12.4. The first-order valence-corrected chi connectivity index (χ1v) is 7.50. The van der Waals surface area contributed by atoms with Crippen LogP contribution in [0, 0.1) is 5.41 Å². The van der Waals surface area contributed by atoms with Crippen LogP contribution in [0.15, 0.2) is 0 Å². The third kappa shape index (κ3) is 3.77. The quantitative estimate of drug-likeness (QED) is 0.858. The molecule has 0 amide bonds. The largest absolute Gasteiger partial charge is 0.371 e. The van der Waals surface area contributed by atoms with Crippen molar-refractivity contribution in [3.05, 3.63) is 15.6 Å². The van der Waals surface area contributed by atoms with Gasteiger partial charge < -0.3 is 10.1 Å². The van der Waals surface area contributed by atoms with E-state index in [4.69, 9.17) is 9.72 Å². The van der Waals surface area contributed by atoms with E-state index in [-0.39, 0.29) is 11.5 Å². The van der Waals surface area contributed by atoms with Gasteiger partial charge in [-0.1, -0.05) is 27.7 Å². The zero-order chi connectivity index (χ0) is 13.8. The molecule has 0 radical (unpaired) electrons. The molecule has 4 heteroatoms. The molecule has 3 nitrogen and oxygen atoms in total. The number of hydrogen-bond acceptors (Lipinski definition) is 4. The van der Waals surface area contributed by atoms with Crippen molar-refractivity contribution in [3.63, 3.8) is 0 Å². The fourth-order valence-electron chi connectivity index (χ4n) is 1.95. The van der Waals surface area contributed by atoms with E-state index in [1.54, 1.807) is 11.3 Å². The summed E-state index contributed by atoms with van der Waals surface area (Å²) in [5.74, 6) is 0. The molecule has 1 aromatic rings. The van der Waals surface area contributed by atoms with E-state index in [2.05, 4.69) is 33.0 Å². The van der Waals surface area contributed by atoms with Gasteiger partial charge in [-0.05, 0) is 25.8 Å². The van der Waals surface area contributed by atoms with Gasteiger partial charge in [0, 0.05) is 18.0 Å². The van der Waals surface area contributed by atoms with E-state index in [9.17, 15) is 0 Å². The van der Waals surface area contributed by atoms with Gasteiger partial charge in [0.05, 0.1) is 5.69 Å². The van der Waals surface area contributed by atoms with Gasteiger partial charge in [0.15, 0.2) is 0 Å². The van der Waals surface area contributed by atoms with Gasteiger partial charge in [-0.2, -0.15) is 0 Å². The zero-order valence-corrected chi connectivity index (χ0v) is 13.3. The molecule has 0 saturated carbocycles. The average Bonchev–Trinajstić information content (AvgIpc) is 2.67. The fourth-order valence-corrected chi connectivity index (χ4v) is 3.41. The van der Waals surface area contributed by atoms with Crippen LogP contribution in [0.4, 0.5) is 0 Å². The zero-order valence-electron chi connectivity index (χ0n) is 12.5. The Labute approximate surface area is 115 Å². The number of rotatable bonds is 6. The Hall–Kier alpha value is -0.450. The van der Waals surface area contributed by atoms with Crippen LogP contribution in [0.1, 0.15) is 56.3 Å². The van der Waals surface area contributed by atoms with Crippen LogP contribution in [0.5, 0.6) is 0 Å². The lowest BCUT2D eigenvalue weighted by Gasteiger charge is -2.28. The number of nitrogens with one attached hydrogen (secondary N) is 1. The number of hydrogen-bond donors (Lipinski definition) is 1. The summed E-state index contributed by atoms with van der Waals surface area (Å²) in [5.41, 5.74) is 1.29.